The molecule has 0 aromatic carbocycles. The summed E-state index contributed by atoms with van der Waals surface area (Å²) in [6.45, 7) is -0.578. The van der Waals surface area contributed by atoms with Crippen LogP contribution in [0.4, 0.5) is 10.2 Å². The zero-order valence-electron chi connectivity index (χ0n) is 8.73. The third-order valence-corrected chi connectivity index (χ3v) is 2.59. The van der Waals surface area contributed by atoms with Crippen LogP contribution in [0.25, 0.3) is 0 Å². The maximum absolute atomic E-state index is 13.4. The van der Waals surface area contributed by atoms with Crippen molar-refractivity contribution >= 4 is 5.82 Å². The van der Waals surface area contributed by atoms with Crippen LogP contribution in [0.3, 0.4) is 0 Å². The summed E-state index contributed by atoms with van der Waals surface area (Å²) in [4.78, 5) is 14.9. The Morgan fingerprint density at radius 2 is 2.35 bits per heavy atom. The smallest absolute Gasteiger partial charge is 0.351 e. The number of alkyl halides is 1. The molecule has 4 atom stereocenters. The number of aromatic nitrogens is 2. The zero-order chi connectivity index (χ0) is 12.6. The first-order chi connectivity index (χ1) is 8.04. The fourth-order valence-corrected chi connectivity index (χ4v) is 1.71. The lowest BCUT2D eigenvalue weighted by molar-refractivity contribution is -0.0536. The molecule has 1 aliphatic heterocycles. The van der Waals surface area contributed by atoms with Gasteiger partial charge < -0.3 is 20.7 Å². The molecule has 0 spiro atoms. The van der Waals surface area contributed by atoms with Crippen LogP contribution in [0.2, 0.25) is 0 Å². The van der Waals surface area contributed by atoms with Crippen LogP contribution in [0.1, 0.15) is 6.23 Å². The number of nitrogen functional groups attached to an aromatic ring is 1. The largest absolute Gasteiger partial charge is 0.394 e. The molecule has 0 bridgehead atoms. The zero-order valence-corrected chi connectivity index (χ0v) is 8.73. The Morgan fingerprint density at radius 1 is 1.65 bits per heavy atom. The van der Waals surface area contributed by atoms with Crippen LogP contribution < -0.4 is 11.4 Å². The SMILES string of the molecule is Nc1ccn([C@@H]2O[C@H](CO)[C@H](F)[C@H]2O)c(=O)n1. The Morgan fingerprint density at radius 3 is 2.88 bits per heavy atom. The molecule has 4 N–H and O–H groups in total. The Kier molecular flexibility index (Phi) is 3.09. The van der Waals surface area contributed by atoms with Crippen LogP contribution in [-0.4, -0.2) is 44.8 Å². The van der Waals surface area contributed by atoms with Gasteiger partial charge in [-0.15, -0.1) is 0 Å². The highest BCUT2D eigenvalue weighted by molar-refractivity contribution is 5.23. The summed E-state index contributed by atoms with van der Waals surface area (Å²) in [6, 6.07) is 1.33. The molecule has 94 valence electrons. The second-order valence-corrected chi connectivity index (χ2v) is 3.72. The van der Waals surface area contributed by atoms with E-state index in [0.717, 1.165) is 4.57 Å². The van der Waals surface area contributed by atoms with E-state index in [4.69, 9.17) is 15.6 Å². The molecular weight excluding hydrogens is 233 g/mol. The summed E-state index contributed by atoms with van der Waals surface area (Å²) in [5.41, 5.74) is 4.55. The first-order valence-electron chi connectivity index (χ1n) is 4.97. The van der Waals surface area contributed by atoms with Crippen molar-refractivity contribution in [1.82, 2.24) is 9.55 Å². The normalized spacial score (nSPS) is 32.9. The number of rotatable bonds is 2. The summed E-state index contributed by atoms with van der Waals surface area (Å²) in [6.07, 6.45) is -4.39. The number of ether oxygens (including phenoxy) is 1. The molecule has 1 aliphatic rings. The average Bonchev–Trinajstić information content (AvgIpc) is 2.57. The molecule has 0 unspecified atom stereocenters. The summed E-state index contributed by atoms with van der Waals surface area (Å²) in [7, 11) is 0. The third-order valence-electron chi connectivity index (χ3n) is 2.59. The number of hydrogen-bond acceptors (Lipinski definition) is 6. The van der Waals surface area contributed by atoms with Gasteiger partial charge >= 0.3 is 5.69 Å². The van der Waals surface area contributed by atoms with Crippen molar-refractivity contribution < 1.29 is 19.3 Å². The fourth-order valence-electron chi connectivity index (χ4n) is 1.71. The molecule has 1 saturated heterocycles. The Hall–Kier alpha value is -1.51. The highest BCUT2D eigenvalue weighted by Crippen LogP contribution is 2.30. The van der Waals surface area contributed by atoms with Crippen molar-refractivity contribution in [1.29, 1.82) is 0 Å². The lowest BCUT2D eigenvalue weighted by Crippen LogP contribution is -2.34. The van der Waals surface area contributed by atoms with Gasteiger partial charge in [0, 0.05) is 6.20 Å². The number of aliphatic hydroxyl groups excluding tert-OH is 2. The minimum Gasteiger partial charge on any atom is -0.394 e. The Bertz CT molecular complexity index is 466. The summed E-state index contributed by atoms with van der Waals surface area (Å²) >= 11 is 0. The molecule has 0 amide bonds. The molecule has 1 aromatic rings. The van der Waals surface area contributed by atoms with Crippen molar-refractivity contribution in [2.45, 2.75) is 24.6 Å². The standard InChI is InChI=1S/C9H12FN3O4/c10-6-4(3-14)17-8(7(6)15)13-2-1-5(11)12-9(13)16/h1-2,4,6-8,14-15H,3H2,(H2,11,12,16)/t4-,6+,7-,8-/m1/s1. The highest BCUT2D eigenvalue weighted by Gasteiger charge is 2.45. The minimum absolute atomic E-state index is 0.0224. The maximum Gasteiger partial charge on any atom is 0.351 e. The average molecular weight is 245 g/mol. The Balaban J connectivity index is 2.32. The number of halogens is 1. The van der Waals surface area contributed by atoms with Gasteiger partial charge in [-0.1, -0.05) is 0 Å². The van der Waals surface area contributed by atoms with Crippen molar-refractivity contribution in [3.63, 3.8) is 0 Å². The van der Waals surface area contributed by atoms with Gasteiger partial charge in [-0.25, -0.2) is 9.18 Å². The van der Waals surface area contributed by atoms with Gasteiger partial charge in [0.15, 0.2) is 12.4 Å². The van der Waals surface area contributed by atoms with E-state index in [-0.39, 0.29) is 5.82 Å². The molecule has 1 aromatic heterocycles. The van der Waals surface area contributed by atoms with Gasteiger partial charge in [-0.3, -0.25) is 4.57 Å². The molecule has 8 heteroatoms. The van der Waals surface area contributed by atoms with Gasteiger partial charge in [-0.2, -0.15) is 4.98 Å². The molecular formula is C9H12FN3O4. The van der Waals surface area contributed by atoms with Crippen molar-refractivity contribution in [2.24, 2.45) is 0 Å². The van der Waals surface area contributed by atoms with E-state index in [1.54, 1.807) is 0 Å². The van der Waals surface area contributed by atoms with Gasteiger partial charge in [-0.05, 0) is 6.07 Å². The van der Waals surface area contributed by atoms with Crippen molar-refractivity contribution in [3.8, 4) is 0 Å². The highest BCUT2D eigenvalue weighted by atomic mass is 19.1. The molecule has 7 nitrogen and oxygen atoms in total. The number of anilines is 1. The summed E-state index contributed by atoms with van der Waals surface area (Å²) in [5, 5.41) is 18.4. The van der Waals surface area contributed by atoms with Gasteiger partial charge in [0.2, 0.25) is 0 Å². The van der Waals surface area contributed by atoms with Gasteiger partial charge in [0.05, 0.1) is 6.61 Å². The number of hydrogen-bond donors (Lipinski definition) is 3. The van der Waals surface area contributed by atoms with Crippen LogP contribution in [0.5, 0.6) is 0 Å². The molecule has 0 aliphatic carbocycles. The summed E-state index contributed by atoms with van der Waals surface area (Å²) in [5.74, 6) is 0.0224. The monoisotopic (exact) mass is 245 g/mol. The van der Waals surface area contributed by atoms with Crippen LogP contribution >= 0.6 is 0 Å². The van der Waals surface area contributed by atoms with E-state index in [2.05, 4.69) is 4.98 Å². The lowest BCUT2D eigenvalue weighted by Gasteiger charge is -2.16. The molecule has 2 heterocycles. The molecule has 17 heavy (non-hydrogen) atoms. The predicted molar refractivity (Wildman–Crippen MR) is 54.8 cm³/mol. The van der Waals surface area contributed by atoms with E-state index in [9.17, 15) is 14.3 Å². The summed E-state index contributed by atoms with van der Waals surface area (Å²) < 4.78 is 19.4. The van der Waals surface area contributed by atoms with E-state index < -0.39 is 36.9 Å². The number of nitrogens with two attached hydrogens (primary N) is 1. The van der Waals surface area contributed by atoms with Crippen molar-refractivity contribution in [3.05, 3.63) is 22.7 Å². The third kappa shape index (κ3) is 2.02. The Labute approximate surface area is 95.3 Å². The van der Waals surface area contributed by atoms with Gasteiger partial charge in [0.1, 0.15) is 18.0 Å². The molecule has 1 fully saturated rings. The molecule has 0 radical (unpaired) electrons. The predicted octanol–water partition coefficient (Wildman–Crippen LogP) is -1.59. The molecule has 2 rings (SSSR count). The number of nitrogens with zero attached hydrogens (tertiary/aromatic N) is 2. The minimum atomic E-state index is -1.76. The van der Waals surface area contributed by atoms with Crippen LogP contribution in [-0.2, 0) is 4.74 Å². The fraction of sp³-hybridized carbons (Fsp3) is 0.556. The second kappa shape index (κ2) is 4.40. The lowest BCUT2D eigenvalue weighted by atomic mass is 10.1. The van der Waals surface area contributed by atoms with Crippen LogP contribution in [0, 0.1) is 0 Å². The molecule has 0 saturated carbocycles. The van der Waals surface area contributed by atoms with Crippen molar-refractivity contribution in [2.75, 3.05) is 12.3 Å². The quantitative estimate of drug-likeness (QED) is 0.579. The topological polar surface area (TPSA) is 111 Å². The van der Waals surface area contributed by atoms with E-state index in [1.807, 2.05) is 0 Å². The van der Waals surface area contributed by atoms with E-state index in [1.165, 1.54) is 12.3 Å². The second-order valence-electron chi connectivity index (χ2n) is 3.72. The first kappa shape index (κ1) is 12.0. The van der Waals surface area contributed by atoms with E-state index in [0.29, 0.717) is 0 Å². The number of aliphatic hydroxyl groups is 2. The van der Waals surface area contributed by atoms with E-state index >= 15 is 0 Å². The van der Waals surface area contributed by atoms with Gasteiger partial charge in [0.25, 0.3) is 0 Å². The maximum atomic E-state index is 13.4. The first-order valence-corrected chi connectivity index (χ1v) is 4.97. The van der Waals surface area contributed by atoms with Crippen LogP contribution in [0.15, 0.2) is 17.1 Å².